The first kappa shape index (κ1) is 55.3. The van der Waals surface area contributed by atoms with Crippen molar-refractivity contribution < 1.29 is 34.8 Å². The molecule has 0 bridgehead atoms. The molecule has 0 aliphatic carbocycles. The molecular formula is C32H69N10O6S3+. The van der Waals surface area contributed by atoms with Gasteiger partial charge in [0.2, 0.25) is 0 Å². The fourth-order valence-corrected chi connectivity index (χ4v) is 6.76. The van der Waals surface area contributed by atoms with Crippen molar-refractivity contribution in [3.05, 3.63) is 0 Å². The molecule has 0 saturated carbocycles. The lowest BCUT2D eigenvalue weighted by Crippen LogP contribution is -2.50. The number of aliphatic imine (C=N–C) groups is 1. The first-order valence-electron chi connectivity index (χ1n) is 17.0. The molecule has 1 fully saturated rings. The molecule has 0 radical (unpaired) electrons. The minimum Gasteiger partial charge on any atom is -0.480 e. The molecule has 17 N–H and O–H groups in total. The summed E-state index contributed by atoms with van der Waals surface area (Å²) < 4.78 is 0. The van der Waals surface area contributed by atoms with Crippen LogP contribution in [0.2, 0.25) is 0 Å². The minimum absolute atomic E-state index is 0.000278. The summed E-state index contributed by atoms with van der Waals surface area (Å²) in [5.41, 5.74) is 34.9. The molecule has 0 amide bonds. The third kappa shape index (κ3) is 45.6. The first-order chi connectivity index (χ1) is 23.7. The number of hydrogen-bond donors (Lipinski definition) is 10. The predicted molar refractivity (Wildman–Crippen MR) is 216 cm³/mol. The number of nitrogens with two attached hydrogens (primary N) is 6. The van der Waals surface area contributed by atoms with E-state index in [1.807, 2.05) is 21.6 Å². The lowest BCUT2D eigenvalue weighted by atomic mass is 10.1. The van der Waals surface area contributed by atoms with E-state index in [2.05, 4.69) is 23.4 Å². The molecule has 1 aliphatic heterocycles. The van der Waals surface area contributed by atoms with Crippen molar-refractivity contribution in [2.24, 2.45) is 39.4 Å². The number of rotatable bonds is 20. The average Bonchev–Trinajstić information content (AvgIpc) is 3.56. The summed E-state index contributed by atoms with van der Waals surface area (Å²) in [5, 5.41) is 16.1. The Morgan fingerprint density at radius 2 is 1.43 bits per heavy atom. The Labute approximate surface area is 318 Å². The molecule has 0 spiro atoms. The van der Waals surface area contributed by atoms with Crippen molar-refractivity contribution in [2.45, 2.75) is 122 Å². The number of nitrogens with zero attached hydrogens (tertiary/aromatic N) is 2. The summed E-state index contributed by atoms with van der Waals surface area (Å²) in [6, 6.07) is -1.36. The molecule has 300 valence electrons. The van der Waals surface area contributed by atoms with Crippen LogP contribution in [-0.2, 0) is 24.0 Å². The van der Waals surface area contributed by atoms with Gasteiger partial charge in [0.15, 0.2) is 11.9 Å². The molecule has 1 aliphatic rings. The zero-order chi connectivity index (χ0) is 40.4. The number of guanidine groups is 2. The Hall–Kier alpha value is -2.42. The number of hydrogen-bond acceptors (Lipinski definition) is 13. The Morgan fingerprint density at radius 3 is 1.78 bits per heavy atom. The third-order valence-corrected chi connectivity index (χ3v) is 9.95. The fourth-order valence-electron chi connectivity index (χ4n) is 3.46. The predicted octanol–water partition coefficient (Wildman–Crippen LogP) is 0.680. The topological polar surface area (TPSA) is 329 Å². The number of thiol groups is 1. The van der Waals surface area contributed by atoms with Crippen LogP contribution in [0.3, 0.4) is 0 Å². The second-order valence-electron chi connectivity index (χ2n) is 11.9. The molecule has 0 aromatic carbocycles. The van der Waals surface area contributed by atoms with Gasteiger partial charge in [-0.05, 0) is 91.2 Å². The Bertz CT molecular complexity index is 1000. The van der Waals surface area contributed by atoms with Gasteiger partial charge in [-0.15, -0.1) is 0 Å². The monoisotopic (exact) mass is 785 g/mol. The van der Waals surface area contributed by atoms with E-state index in [4.69, 9.17) is 44.9 Å². The Kier molecular flexibility index (Phi) is 40.5. The molecule has 51 heavy (non-hydrogen) atoms. The van der Waals surface area contributed by atoms with E-state index >= 15 is 0 Å². The van der Waals surface area contributed by atoms with Crippen LogP contribution in [0.15, 0.2) is 4.99 Å². The molecule has 1 heterocycles. The number of quaternary nitrogens is 1. The number of ketones is 4. The van der Waals surface area contributed by atoms with Crippen LogP contribution in [-0.4, -0.2) is 113 Å². The molecule has 19 heteroatoms. The lowest BCUT2D eigenvalue weighted by Gasteiger charge is -2.13. The van der Waals surface area contributed by atoms with E-state index in [-0.39, 0.29) is 47.9 Å². The van der Waals surface area contributed by atoms with Crippen LogP contribution in [0.1, 0.15) is 98.3 Å². The number of carboxylic acid groups (broad SMARTS) is 1. The van der Waals surface area contributed by atoms with Gasteiger partial charge >= 0.3 is 5.97 Å². The van der Waals surface area contributed by atoms with Crippen LogP contribution in [0.5, 0.6) is 0 Å². The van der Waals surface area contributed by atoms with Gasteiger partial charge < -0.3 is 54.9 Å². The maximum absolute atomic E-state index is 10.7. The number of carboxylic acids is 1. The number of carbonyl (C=O) groups excluding carboxylic acids is 4. The van der Waals surface area contributed by atoms with Crippen molar-refractivity contribution in [3.63, 3.8) is 0 Å². The van der Waals surface area contributed by atoms with Gasteiger partial charge in [-0.3, -0.25) is 29.6 Å². The molecule has 16 nitrogen and oxygen atoms in total. The number of carbonyl (C=O) groups is 5. The Morgan fingerprint density at radius 1 is 0.882 bits per heavy atom. The molecule has 1 saturated heterocycles. The van der Waals surface area contributed by atoms with Crippen molar-refractivity contribution in [1.82, 2.24) is 4.90 Å². The number of likely N-dealkylation sites (N-methyl/N-ethyl adjacent to an activating group) is 1. The normalized spacial score (nSPS) is 14.4. The highest BCUT2D eigenvalue weighted by Crippen LogP contribution is 2.39. The molecule has 4 atom stereocenters. The van der Waals surface area contributed by atoms with Gasteiger partial charge in [0.25, 0.3) is 0 Å². The van der Waals surface area contributed by atoms with Gasteiger partial charge in [-0.2, -0.15) is 12.6 Å². The van der Waals surface area contributed by atoms with E-state index in [1.165, 1.54) is 50.7 Å². The number of Topliss-reactive ketones (excluding diaryl/α,β-unsaturated/α-hetero) is 4. The second-order valence-corrected chi connectivity index (χ2v) is 15.1. The highest BCUT2D eigenvalue weighted by molar-refractivity contribution is 8.77. The van der Waals surface area contributed by atoms with Crippen molar-refractivity contribution in [1.29, 1.82) is 5.41 Å². The smallest absolute Gasteiger partial charge is 0.320 e. The molecule has 0 aromatic rings. The van der Waals surface area contributed by atoms with E-state index in [9.17, 15) is 24.0 Å². The quantitative estimate of drug-likeness (QED) is 0.0267. The summed E-state index contributed by atoms with van der Waals surface area (Å²) in [6.45, 7) is 7.71. The summed E-state index contributed by atoms with van der Waals surface area (Å²) in [6.07, 6.45) is 10.2. The van der Waals surface area contributed by atoms with E-state index in [0.29, 0.717) is 37.3 Å². The number of unbranched alkanes of at least 4 members (excludes halogenated alkanes) is 2. The minimum atomic E-state index is -0.913. The van der Waals surface area contributed by atoms with Crippen molar-refractivity contribution in [3.8, 4) is 0 Å². The number of nitrogens with one attached hydrogen (secondary N) is 1. The fraction of sp³-hybridized carbons (Fsp3) is 0.781. The molecular weight excluding hydrogens is 717 g/mol. The van der Waals surface area contributed by atoms with Gasteiger partial charge in [-0.1, -0.05) is 28.0 Å². The van der Waals surface area contributed by atoms with Crippen LogP contribution in [0, 0.1) is 5.41 Å². The average molecular weight is 786 g/mol. The van der Waals surface area contributed by atoms with Gasteiger partial charge in [-0.25, -0.2) is 0 Å². The van der Waals surface area contributed by atoms with Gasteiger partial charge in [0.1, 0.15) is 29.2 Å². The second kappa shape index (κ2) is 37.3. The van der Waals surface area contributed by atoms with Crippen molar-refractivity contribution in [2.75, 3.05) is 38.2 Å². The maximum Gasteiger partial charge on any atom is 0.320 e. The van der Waals surface area contributed by atoms with E-state index < -0.39 is 12.0 Å². The van der Waals surface area contributed by atoms with E-state index in [0.717, 1.165) is 43.9 Å². The third-order valence-electron chi connectivity index (χ3n) is 6.69. The zero-order valence-corrected chi connectivity index (χ0v) is 34.0. The zero-order valence-electron chi connectivity index (χ0n) is 31.4. The molecule has 0 unspecified atom stereocenters. The summed E-state index contributed by atoms with van der Waals surface area (Å²) in [7, 11) is 5.63. The van der Waals surface area contributed by atoms with Gasteiger partial charge in [0.05, 0.1) is 25.2 Å². The summed E-state index contributed by atoms with van der Waals surface area (Å²) >= 11 is 3.92. The van der Waals surface area contributed by atoms with Crippen molar-refractivity contribution >= 4 is 75.2 Å². The highest BCUT2D eigenvalue weighted by atomic mass is 33.1. The first-order valence-corrected chi connectivity index (χ1v) is 20.0. The number of aliphatic carboxylic acids is 1. The van der Waals surface area contributed by atoms with Crippen LogP contribution in [0.25, 0.3) is 0 Å². The highest BCUT2D eigenvalue weighted by Gasteiger charge is 2.15. The van der Waals surface area contributed by atoms with E-state index in [1.54, 1.807) is 14.0 Å². The summed E-state index contributed by atoms with van der Waals surface area (Å²) in [5.74, 6) is 1.47. The summed E-state index contributed by atoms with van der Waals surface area (Å²) in [4.78, 5) is 57.3. The van der Waals surface area contributed by atoms with Crippen LogP contribution >= 0.6 is 34.2 Å². The largest absolute Gasteiger partial charge is 0.480 e. The molecule has 1 rings (SSSR count). The standard InChI is InChI=1S/C9H16OS2.C7H16N4O.C6H14N2O2.C5H11N3O.C5H11NOS/c1-8(10)4-2-3-5-9-6-7-11-12-9;1-5(12)6(8)3-2-4-11-7(9)10;7-4-2-1-3-5(8)6(9)10;1-4(9)3-8(2)5(6)7;1-4(7)5(6)2-3-8/h9H,2-7H2,1H3;6H,2-4,8H2,1H3,(H4,9,10,11);5H,1-4,7-8H2,(H,9,10);3H2,1-2H3,(H3,6,7);5,8H,2-3,6H2,1H3/p+1/t9-;6-;5-;;5-/m100.0/s1. The molecule has 0 aromatic heterocycles. The maximum atomic E-state index is 10.7. The SMILES string of the molecule is CC(=O)CCCC[C@@H]1CCSS1.CC(=O)CN(C)C(=N)N.CC(=O)[C@@H](N)CCCN=C(N)N.CC(=O)[C@@H](N)CCS.N[C@@H](CCCC[NH3+])C(=O)O. The lowest BCUT2D eigenvalue weighted by molar-refractivity contribution is -0.368. The van der Waals surface area contributed by atoms with Gasteiger partial charge in [0, 0.05) is 31.0 Å². The van der Waals surface area contributed by atoms with Crippen LogP contribution < -0.4 is 40.1 Å². The van der Waals surface area contributed by atoms with Crippen LogP contribution in [0.4, 0.5) is 0 Å². The Balaban J connectivity index is -0.000000273.